The van der Waals surface area contributed by atoms with E-state index in [9.17, 15) is 14.9 Å². The van der Waals surface area contributed by atoms with Crippen LogP contribution in [0.15, 0.2) is 48.5 Å². The summed E-state index contributed by atoms with van der Waals surface area (Å²) in [4.78, 5) is 28.7. The average molecular weight is 392 g/mol. The molecule has 0 atom stereocenters. The number of esters is 1. The molecule has 7 heteroatoms. The highest BCUT2D eigenvalue weighted by molar-refractivity contribution is 6.01. The molecule has 1 fully saturated rings. The van der Waals surface area contributed by atoms with Crippen molar-refractivity contribution >= 4 is 23.3 Å². The van der Waals surface area contributed by atoms with E-state index in [1.165, 1.54) is 7.11 Å². The van der Waals surface area contributed by atoms with Crippen LogP contribution in [0.1, 0.15) is 22.3 Å². The van der Waals surface area contributed by atoms with Gasteiger partial charge < -0.3 is 15.0 Å². The Morgan fingerprint density at radius 2 is 1.83 bits per heavy atom. The van der Waals surface area contributed by atoms with Crippen molar-refractivity contribution in [3.05, 3.63) is 59.7 Å². The minimum Gasteiger partial charge on any atom is -0.465 e. The third kappa shape index (κ3) is 5.12. The van der Waals surface area contributed by atoms with Gasteiger partial charge in [0, 0.05) is 26.2 Å². The molecular formula is C22H24N4O3. The van der Waals surface area contributed by atoms with Crippen LogP contribution in [0.4, 0.5) is 11.4 Å². The van der Waals surface area contributed by atoms with Crippen LogP contribution in [0.5, 0.6) is 0 Å². The summed E-state index contributed by atoms with van der Waals surface area (Å²) in [6.45, 7) is 3.32. The lowest BCUT2D eigenvalue weighted by Gasteiger charge is -2.24. The summed E-state index contributed by atoms with van der Waals surface area (Å²) in [6.07, 6.45) is 0.895. The molecule has 1 aliphatic heterocycles. The highest BCUT2D eigenvalue weighted by atomic mass is 16.5. The molecule has 2 aromatic carbocycles. The molecule has 1 amide bonds. The molecule has 1 heterocycles. The van der Waals surface area contributed by atoms with Crippen LogP contribution in [0.3, 0.4) is 0 Å². The molecule has 1 aliphatic rings. The lowest BCUT2D eigenvalue weighted by molar-refractivity contribution is -0.117. The van der Waals surface area contributed by atoms with Crippen molar-refractivity contribution in [3.63, 3.8) is 0 Å². The standard InChI is InChI=1S/C22H24N4O3/c1-29-22(28)18-8-3-4-9-19(18)24-21(27)16-25-11-6-12-26(14-13-25)20-10-5-2-7-17(20)15-23/h2-5,7-10H,6,11-14,16H2,1H3,(H,24,27). The van der Waals surface area contributed by atoms with Gasteiger partial charge in [0.1, 0.15) is 6.07 Å². The Morgan fingerprint density at radius 1 is 1.07 bits per heavy atom. The van der Waals surface area contributed by atoms with Crippen LogP contribution < -0.4 is 10.2 Å². The van der Waals surface area contributed by atoms with E-state index in [-0.39, 0.29) is 12.5 Å². The van der Waals surface area contributed by atoms with Crippen molar-refractivity contribution in [2.45, 2.75) is 6.42 Å². The van der Waals surface area contributed by atoms with Crippen molar-refractivity contribution in [3.8, 4) is 6.07 Å². The first-order valence-corrected chi connectivity index (χ1v) is 9.56. The molecule has 1 saturated heterocycles. The highest BCUT2D eigenvalue weighted by Crippen LogP contribution is 2.21. The SMILES string of the molecule is COC(=O)c1ccccc1NC(=O)CN1CCCN(c2ccccc2C#N)CC1. The zero-order chi connectivity index (χ0) is 20.6. The second kappa shape index (κ2) is 9.71. The van der Waals surface area contributed by atoms with Crippen LogP contribution in [0, 0.1) is 11.3 Å². The van der Waals surface area contributed by atoms with Gasteiger partial charge in [-0.2, -0.15) is 5.26 Å². The number of nitrogens with zero attached hydrogens (tertiary/aromatic N) is 3. The predicted molar refractivity (Wildman–Crippen MR) is 111 cm³/mol. The number of hydrogen-bond acceptors (Lipinski definition) is 6. The molecule has 3 rings (SSSR count). The lowest BCUT2D eigenvalue weighted by Crippen LogP contribution is -2.36. The number of ether oxygens (including phenoxy) is 1. The molecule has 7 nitrogen and oxygen atoms in total. The normalized spacial score (nSPS) is 14.6. The zero-order valence-electron chi connectivity index (χ0n) is 16.4. The summed E-state index contributed by atoms with van der Waals surface area (Å²) in [7, 11) is 1.31. The number of carbonyl (C=O) groups is 2. The fourth-order valence-corrected chi connectivity index (χ4v) is 3.49. The Labute approximate surface area is 170 Å². The molecule has 0 radical (unpaired) electrons. The molecule has 0 bridgehead atoms. The molecule has 0 aromatic heterocycles. The number of benzene rings is 2. The maximum absolute atomic E-state index is 12.5. The molecule has 2 aromatic rings. The Morgan fingerprint density at radius 3 is 2.62 bits per heavy atom. The van der Waals surface area contributed by atoms with E-state index in [0.29, 0.717) is 23.4 Å². The van der Waals surface area contributed by atoms with Crippen molar-refractivity contribution in [1.29, 1.82) is 5.26 Å². The summed E-state index contributed by atoms with van der Waals surface area (Å²) in [6, 6.07) is 16.6. The van der Waals surface area contributed by atoms with Gasteiger partial charge in [-0.15, -0.1) is 0 Å². The van der Waals surface area contributed by atoms with Crippen molar-refractivity contribution < 1.29 is 14.3 Å². The minimum atomic E-state index is -0.484. The summed E-state index contributed by atoms with van der Waals surface area (Å²) in [5.41, 5.74) is 2.38. The van der Waals surface area contributed by atoms with Gasteiger partial charge in [-0.25, -0.2) is 4.79 Å². The van der Waals surface area contributed by atoms with Gasteiger partial charge >= 0.3 is 5.97 Å². The first-order chi connectivity index (χ1) is 14.1. The van der Waals surface area contributed by atoms with Gasteiger partial charge in [-0.1, -0.05) is 24.3 Å². The van der Waals surface area contributed by atoms with E-state index in [4.69, 9.17) is 4.74 Å². The van der Waals surface area contributed by atoms with E-state index in [1.807, 2.05) is 24.3 Å². The quantitative estimate of drug-likeness (QED) is 0.787. The molecule has 150 valence electrons. The second-order valence-electron chi connectivity index (χ2n) is 6.83. The number of nitrogens with one attached hydrogen (secondary N) is 1. The van der Waals surface area contributed by atoms with Crippen LogP contribution in [-0.2, 0) is 9.53 Å². The van der Waals surface area contributed by atoms with Crippen LogP contribution in [0.25, 0.3) is 0 Å². The average Bonchev–Trinajstić information content (AvgIpc) is 2.99. The Hall–Kier alpha value is -3.37. The van der Waals surface area contributed by atoms with Crippen LogP contribution in [0.2, 0.25) is 0 Å². The molecule has 0 spiro atoms. The van der Waals surface area contributed by atoms with E-state index in [0.717, 1.165) is 31.7 Å². The summed E-state index contributed by atoms with van der Waals surface area (Å²) in [5.74, 6) is -0.658. The van der Waals surface area contributed by atoms with Gasteiger partial charge in [0.25, 0.3) is 0 Å². The number of amides is 1. The van der Waals surface area contributed by atoms with E-state index in [2.05, 4.69) is 21.2 Å². The summed E-state index contributed by atoms with van der Waals surface area (Å²) in [5, 5.41) is 12.2. The van der Waals surface area contributed by atoms with Crippen molar-refractivity contribution in [2.24, 2.45) is 0 Å². The van der Waals surface area contributed by atoms with Crippen LogP contribution in [-0.4, -0.2) is 56.6 Å². The minimum absolute atomic E-state index is 0.174. The maximum Gasteiger partial charge on any atom is 0.339 e. The highest BCUT2D eigenvalue weighted by Gasteiger charge is 2.20. The molecular weight excluding hydrogens is 368 g/mol. The van der Waals surface area contributed by atoms with E-state index < -0.39 is 5.97 Å². The number of hydrogen-bond donors (Lipinski definition) is 1. The second-order valence-corrected chi connectivity index (χ2v) is 6.83. The molecule has 29 heavy (non-hydrogen) atoms. The molecule has 0 saturated carbocycles. The summed E-state index contributed by atoms with van der Waals surface area (Å²) < 4.78 is 4.77. The van der Waals surface area contributed by atoms with E-state index in [1.54, 1.807) is 24.3 Å². The number of anilines is 2. The van der Waals surface area contributed by atoms with E-state index >= 15 is 0 Å². The number of methoxy groups -OCH3 is 1. The lowest BCUT2D eigenvalue weighted by atomic mass is 10.1. The van der Waals surface area contributed by atoms with Gasteiger partial charge in [0.2, 0.25) is 5.91 Å². The van der Waals surface area contributed by atoms with Gasteiger partial charge in [0.15, 0.2) is 0 Å². The third-order valence-electron chi connectivity index (χ3n) is 4.93. The predicted octanol–water partition coefficient (Wildman–Crippen LogP) is 2.50. The summed E-state index contributed by atoms with van der Waals surface area (Å²) >= 11 is 0. The number of para-hydroxylation sites is 2. The molecule has 0 aliphatic carbocycles. The fourth-order valence-electron chi connectivity index (χ4n) is 3.49. The molecule has 1 N–H and O–H groups in total. The number of rotatable bonds is 5. The van der Waals surface area contributed by atoms with Crippen molar-refractivity contribution in [1.82, 2.24) is 4.90 Å². The Bertz CT molecular complexity index is 922. The van der Waals surface area contributed by atoms with Crippen molar-refractivity contribution in [2.75, 3.05) is 50.1 Å². The van der Waals surface area contributed by atoms with Crippen LogP contribution >= 0.6 is 0 Å². The maximum atomic E-state index is 12.5. The Balaban J connectivity index is 1.60. The zero-order valence-corrected chi connectivity index (χ0v) is 16.4. The fraction of sp³-hybridized carbons (Fsp3) is 0.318. The monoisotopic (exact) mass is 392 g/mol. The first kappa shape index (κ1) is 20.4. The Kier molecular flexibility index (Phi) is 6.82. The molecule has 0 unspecified atom stereocenters. The number of nitriles is 1. The van der Waals surface area contributed by atoms with Gasteiger partial charge in [-0.3, -0.25) is 9.69 Å². The number of carbonyl (C=O) groups excluding carboxylic acids is 2. The smallest absolute Gasteiger partial charge is 0.339 e. The largest absolute Gasteiger partial charge is 0.465 e. The topological polar surface area (TPSA) is 85.7 Å². The first-order valence-electron chi connectivity index (χ1n) is 9.56. The third-order valence-corrected chi connectivity index (χ3v) is 4.93. The van der Waals surface area contributed by atoms with Gasteiger partial charge in [0.05, 0.1) is 36.2 Å². The van der Waals surface area contributed by atoms with Gasteiger partial charge in [-0.05, 0) is 30.7 Å².